The average Bonchev–Trinajstić information content (AvgIpc) is 2.51. The highest BCUT2D eigenvalue weighted by atomic mass is 32.3. The van der Waals surface area contributed by atoms with Crippen LogP contribution in [0.1, 0.15) is 89.9 Å². The number of hydrogen-bond acceptors (Lipinski definition) is 4. The van der Waals surface area contributed by atoms with Gasteiger partial charge in [0, 0.05) is 0 Å². The Morgan fingerprint density at radius 3 is 1.00 bits per heavy atom. The molecule has 0 bridgehead atoms. The van der Waals surface area contributed by atoms with Crippen molar-refractivity contribution in [1.29, 1.82) is 0 Å². The summed E-state index contributed by atoms with van der Waals surface area (Å²) in [6.07, 6.45) is 17.9. The van der Waals surface area contributed by atoms with E-state index in [2.05, 4.69) is 9.98 Å². The zero-order chi connectivity index (χ0) is 22.1. The molecule has 172 valence electrons. The molecule has 11 heteroatoms. The van der Waals surface area contributed by atoms with E-state index in [9.17, 15) is 0 Å². The van der Waals surface area contributed by atoms with Gasteiger partial charge >= 0.3 is 10.4 Å². The summed E-state index contributed by atoms with van der Waals surface area (Å²) >= 11 is 0. The summed E-state index contributed by atoms with van der Waals surface area (Å²) < 4.78 is 31.6. The molecule has 29 heavy (non-hydrogen) atoms. The van der Waals surface area contributed by atoms with Crippen LogP contribution in [0.2, 0.25) is 0 Å². The first-order chi connectivity index (χ1) is 13.6. The van der Waals surface area contributed by atoms with Crippen LogP contribution in [0.3, 0.4) is 0 Å². The van der Waals surface area contributed by atoms with E-state index in [1.807, 2.05) is 0 Å². The van der Waals surface area contributed by atoms with Crippen molar-refractivity contribution in [3.63, 3.8) is 0 Å². The molecule has 0 radical (unpaired) electrons. The summed E-state index contributed by atoms with van der Waals surface area (Å²) in [5.41, 5.74) is 21.4. The normalized spacial score (nSPS) is 19.4. The SMILES string of the molecule is NC(N)=NC1CCCCCCC1.NC(N)=NC1CCCCCCC1.O=S(=O)(O)O. The largest absolute Gasteiger partial charge is 0.394 e. The van der Waals surface area contributed by atoms with Crippen LogP contribution in [0, 0.1) is 0 Å². The summed E-state index contributed by atoms with van der Waals surface area (Å²) in [6.45, 7) is 0. The van der Waals surface area contributed by atoms with Crippen molar-refractivity contribution in [2.45, 2.75) is 102 Å². The standard InChI is InChI=1S/2C9H19N3.H2O4S/c2*10-9(11)12-8-6-4-2-1-3-5-7-8;1-5(2,3)4/h2*8H,1-7H2,(H4,10,11,12);(H2,1,2,3,4). The molecule has 0 saturated heterocycles. The molecular weight excluding hydrogens is 396 g/mol. The molecule has 0 aromatic carbocycles. The number of nitrogens with two attached hydrogens (primary N) is 4. The van der Waals surface area contributed by atoms with Gasteiger partial charge in [-0.1, -0.05) is 64.2 Å². The predicted octanol–water partition coefficient (Wildman–Crippen LogP) is 2.09. The third-order valence-electron chi connectivity index (χ3n) is 4.81. The highest BCUT2D eigenvalue weighted by molar-refractivity contribution is 7.79. The molecule has 0 aromatic heterocycles. The van der Waals surface area contributed by atoms with E-state index in [0.29, 0.717) is 12.1 Å². The molecule has 0 aliphatic heterocycles. The maximum Gasteiger partial charge on any atom is 0.394 e. The molecule has 2 aliphatic carbocycles. The lowest BCUT2D eigenvalue weighted by Crippen LogP contribution is -2.25. The highest BCUT2D eigenvalue weighted by Gasteiger charge is 2.10. The number of hydrogen-bond donors (Lipinski definition) is 6. The second-order valence-corrected chi connectivity index (χ2v) is 8.45. The molecular formula is C18H40N6O4S. The van der Waals surface area contributed by atoms with Crippen molar-refractivity contribution in [3.05, 3.63) is 0 Å². The van der Waals surface area contributed by atoms with Crippen molar-refractivity contribution < 1.29 is 17.5 Å². The van der Waals surface area contributed by atoms with E-state index in [4.69, 9.17) is 40.5 Å². The summed E-state index contributed by atoms with van der Waals surface area (Å²) in [5.74, 6) is 0.501. The number of guanidine groups is 2. The maximum atomic E-state index is 8.74. The minimum atomic E-state index is -4.67. The first-order valence-corrected chi connectivity index (χ1v) is 11.8. The third-order valence-corrected chi connectivity index (χ3v) is 4.81. The summed E-state index contributed by atoms with van der Waals surface area (Å²) in [4.78, 5) is 8.42. The maximum absolute atomic E-state index is 8.74. The molecule has 10 N–H and O–H groups in total. The van der Waals surface area contributed by atoms with E-state index in [1.165, 1.54) is 64.2 Å². The van der Waals surface area contributed by atoms with Gasteiger partial charge in [-0.25, -0.2) is 0 Å². The molecule has 2 rings (SSSR count). The monoisotopic (exact) mass is 436 g/mol. The van der Waals surface area contributed by atoms with Crippen LogP contribution in [-0.4, -0.2) is 41.5 Å². The Morgan fingerprint density at radius 2 is 0.793 bits per heavy atom. The topological polar surface area (TPSA) is 203 Å². The van der Waals surface area contributed by atoms with Gasteiger partial charge in [0.1, 0.15) is 0 Å². The number of aliphatic imine (C=N–C) groups is 2. The Balaban J connectivity index is 0.000000442. The van der Waals surface area contributed by atoms with Crippen molar-refractivity contribution in [2.24, 2.45) is 32.9 Å². The molecule has 0 aromatic rings. The third kappa shape index (κ3) is 22.6. The van der Waals surface area contributed by atoms with Gasteiger partial charge in [-0.05, 0) is 25.7 Å². The summed E-state index contributed by atoms with van der Waals surface area (Å²) in [5, 5.41) is 0. The van der Waals surface area contributed by atoms with Crippen molar-refractivity contribution in [2.75, 3.05) is 0 Å². The number of rotatable bonds is 2. The van der Waals surface area contributed by atoms with E-state index in [0.717, 1.165) is 25.7 Å². The number of nitrogens with zero attached hydrogens (tertiary/aromatic N) is 2. The van der Waals surface area contributed by atoms with E-state index in [1.54, 1.807) is 0 Å². The van der Waals surface area contributed by atoms with Gasteiger partial charge in [0.25, 0.3) is 0 Å². The lowest BCUT2D eigenvalue weighted by molar-refractivity contribution is 0.381. The van der Waals surface area contributed by atoms with Gasteiger partial charge in [0.15, 0.2) is 11.9 Å². The predicted molar refractivity (Wildman–Crippen MR) is 118 cm³/mol. The zero-order valence-corrected chi connectivity index (χ0v) is 18.2. The Hall–Kier alpha value is -1.59. The fraction of sp³-hybridized carbons (Fsp3) is 0.889. The van der Waals surface area contributed by atoms with Crippen LogP contribution >= 0.6 is 0 Å². The molecule has 2 saturated carbocycles. The molecule has 0 atom stereocenters. The zero-order valence-electron chi connectivity index (χ0n) is 17.4. The van der Waals surface area contributed by atoms with Gasteiger partial charge in [-0.15, -0.1) is 0 Å². The van der Waals surface area contributed by atoms with Gasteiger partial charge in [-0.3, -0.25) is 19.1 Å². The van der Waals surface area contributed by atoms with Gasteiger partial charge in [0.2, 0.25) is 0 Å². The van der Waals surface area contributed by atoms with Crippen LogP contribution < -0.4 is 22.9 Å². The highest BCUT2D eigenvalue weighted by Crippen LogP contribution is 2.19. The smallest absolute Gasteiger partial charge is 0.370 e. The molecule has 0 unspecified atom stereocenters. The van der Waals surface area contributed by atoms with Crippen LogP contribution in [0.5, 0.6) is 0 Å². The molecule has 0 heterocycles. The Bertz CT molecular complexity index is 515. The average molecular weight is 437 g/mol. The van der Waals surface area contributed by atoms with Crippen LogP contribution in [0.15, 0.2) is 9.98 Å². The van der Waals surface area contributed by atoms with Crippen LogP contribution in [0.25, 0.3) is 0 Å². The van der Waals surface area contributed by atoms with Crippen molar-refractivity contribution in [1.82, 2.24) is 0 Å². The van der Waals surface area contributed by atoms with E-state index in [-0.39, 0.29) is 11.9 Å². The first-order valence-electron chi connectivity index (χ1n) is 10.4. The Kier molecular flexibility index (Phi) is 15.3. The fourth-order valence-corrected chi connectivity index (χ4v) is 3.55. The minimum absolute atomic E-state index is 0.251. The quantitative estimate of drug-likeness (QED) is 0.214. The second-order valence-electron chi connectivity index (χ2n) is 7.55. The minimum Gasteiger partial charge on any atom is -0.370 e. The van der Waals surface area contributed by atoms with Crippen LogP contribution in [-0.2, 0) is 10.4 Å². The Morgan fingerprint density at radius 1 is 0.586 bits per heavy atom. The van der Waals surface area contributed by atoms with Crippen LogP contribution in [0.4, 0.5) is 0 Å². The van der Waals surface area contributed by atoms with E-state index >= 15 is 0 Å². The van der Waals surface area contributed by atoms with Gasteiger partial charge < -0.3 is 22.9 Å². The van der Waals surface area contributed by atoms with Gasteiger partial charge in [-0.2, -0.15) is 8.42 Å². The molecule has 2 aliphatic rings. The summed E-state index contributed by atoms with van der Waals surface area (Å²) in [6, 6.07) is 0.797. The molecule has 2 fully saturated rings. The molecule has 0 amide bonds. The molecule has 10 nitrogen and oxygen atoms in total. The Labute approximate surface area is 175 Å². The summed E-state index contributed by atoms with van der Waals surface area (Å²) in [7, 11) is -4.67. The lowest BCUT2D eigenvalue weighted by atomic mass is 9.97. The second kappa shape index (κ2) is 16.2. The van der Waals surface area contributed by atoms with Crippen molar-refractivity contribution >= 4 is 22.3 Å². The van der Waals surface area contributed by atoms with E-state index < -0.39 is 10.4 Å². The lowest BCUT2D eigenvalue weighted by Gasteiger charge is -2.15. The van der Waals surface area contributed by atoms with Crippen molar-refractivity contribution in [3.8, 4) is 0 Å². The first kappa shape index (κ1) is 27.4. The molecule has 0 spiro atoms. The van der Waals surface area contributed by atoms with Gasteiger partial charge in [0.05, 0.1) is 12.1 Å². The fourth-order valence-electron chi connectivity index (χ4n) is 3.55.